The first kappa shape index (κ1) is 11.6. The Morgan fingerprint density at radius 1 is 1.43 bits per heavy atom. The van der Waals surface area contributed by atoms with Gasteiger partial charge in [0.1, 0.15) is 5.03 Å². The van der Waals surface area contributed by atoms with Crippen LogP contribution >= 0.6 is 11.6 Å². The van der Waals surface area contributed by atoms with Gasteiger partial charge in [0.05, 0.1) is 6.61 Å². The molecular formula is C11H17ClO2. The average molecular weight is 217 g/mol. The molecule has 0 N–H and O–H groups in total. The zero-order chi connectivity index (χ0) is 10.4. The van der Waals surface area contributed by atoms with Crippen LogP contribution < -0.4 is 0 Å². The van der Waals surface area contributed by atoms with Crippen LogP contribution in [-0.4, -0.2) is 12.6 Å². The lowest BCUT2D eigenvalue weighted by molar-refractivity contribution is -0.137. The molecule has 0 aromatic rings. The van der Waals surface area contributed by atoms with Crippen LogP contribution in [0.4, 0.5) is 0 Å². The Balaban J connectivity index is 2.44. The normalized spacial score (nSPS) is 19.4. The van der Waals surface area contributed by atoms with E-state index >= 15 is 0 Å². The van der Waals surface area contributed by atoms with Crippen molar-refractivity contribution < 1.29 is 9.53 Å². The number of ether oxygens (including phenoxy) is 1. The van der Waals surface area contributed by atoms with E-state index in [2.05, 4.69) is 0 Å². The Labute approximate surface area is 90.3 Å². The summed E-state index contributed by atoms with van der Waals surface area (Å²) in [4.78, 5) is 11.2. The summed E-state index contributed by atoms with van der Waals surface area (Å²) in [6, 6.07) is 0. The Kier molecular flexibility index (Phi) is 5.02. The van der Waals surface area contributed by atoms with Crippen molar-refractivity contribution in [2.45, 2.75) is 39.0 Å². The summed E-state index contributed by atoms with van der Waals surface area (Å²) in [6.45, 7) is 2.16. The minimum Gasteiger partial charge on any atom is -0.462 e. The molecule has 1 fully saturated rings. The van der Waals surface area contributed by atoms with Crippen molar-refractivity contribution in [3.63, 3.8) is 0 Å². The zero-order valence-electron chi connectivity index (χ0n) is 8.59. The Bertz CT molecular complexity index is 217. The van der Waals surface area contributed by atoms with E-state index in [1.807, 2.05) is 6.08 Å². The molecule has 0 heterocycles. The Hall–Kier alpha value is -0.500. The summed E-state index contributed by atoms with van der Waals surface area (Å²) in [5, 5.41) is 0.249. The molecule has 0 radical (unpaired) electrons. The largest absolute Gasteiger partial charge is 0.462 e. The van der Waals surface area contributed by atoms with Crippen LogP contribution in [0.3, 0.4) is 0 Å². The van der Waals surface area contributed by atoms with Gasteiger partial charge in [0.15, 0.2) is 0 Å². The second kappa shape index (κ2) is 6.07. The molecule has 3 heteroatoms. The van der Waals surface area contributed by atoms with E-state index in [0.717, 1.165) is 12.8 Å². The number of rotatable bonds is 3. The van der Waals surface area contributed by atoms with E-state index in [9.17, 15) is 4.79 Å². The standard InChI is InChI=1S/C11H17ClO2/c1-2-14-11(13)10(12)8-9-6-4-3-5-7-9/h8-9H,2-7H2,1H3/b10-8-. The molecule has 14 heavy (non-hydrogen) atoms. The molecule has 0 aromatic heterocycles. The lowest BCUT2D eigenvalue weighted by Gasteiger charge is -2.18. The van der Waals surface area contributed by atoms with Crippen LogP contribution in [-0.2, 0) is 9.53 Å². The summed E-state index contributed by atoms with van der Waals surface area (Å²) >= 11 is 5.83. The number of hydrogen-bond acceptors (Lipinski definition) is 2. The van der Waals surface area contributed by atoms with E-state index in [1.54, 1.807) is 6.92 Å². The molecule has 0 amide bonds. The van der Waals surface area contributed by atoms with Crippen LogP contribution in [0, 0.1) is 5.92 Å². The van der Waals surface area contributed by atoms with Gasteiger partial charge in [0, 0.05) is 0 Å². The van der Waals surface area contributed by atoms with Crippen molar-refractivity contribution >= 4 is 17.6 Å². The topological polar surface area (TPSA) is 26.3 Å². The lowest BCUT2D eigenvalue weighted by atomic mass is 9.89. The molecule has 1 saturated carbocycles. The highest BCUT2D eigenvalue weighted by atomic mass is 35.5. The fourth-order valence-corrected chi connectivity index (χ4v) is 2.01. The predicted molar refractivity (Wildman–Crippen MR) is 57.1 cm³/mol. The fraction of sp³-hybridized carbons (Fsp3) is 0.727. The minimum absolute atomic E-state index is 0.249. The fourth-order valence-electron chi connectivity index (χ4n) is 1.78. The van der Waals surface area contributed by atoms with Crippen molar-refractivity contribution in [2.24, 2.45) is 5.92 Å². The highest BCUT2D eigenvalue weighted by Gasteiger charge is 2.14. The van der Waals surface area contributed by atoms with E-state index in [0.29, 0.717) is 12.5 Å². The molecule has 0 bridgehead atoms. The van der Waals surface area contributed by atoms with E-state index in [4.69, 9.17) is 16.3 Å². The van der Waals surface area contributed by atoms with Crippen molar-refractivity contribution in [1.29, 1.82) is 0 Å². The number of carbonyl (C=O) groups excluding carboxylic acids is 1. The minimum atomic E-state index is -0.389. The van der Waals surface area contributed by atoms with Gasteiger partial charge in [-0.25, -0.2) is 4.79 Å². The van der Waals surface area contributed by atoms with Crippen LogP contribution in [0.2, 0.25) is 0 Å². The highest BCUT2D eigenvalue weighted by molar-refractivity contribution is 6.41. The third kappa shape index (κ3) is 3.70. The van der Waals surface area contributed by atoms with Gasteiger partial charge < -0.3 is 4.74 Å². The summed E-state index contributed by atoms with van der Waals surface area (Å²) in [5.41, 5.74) is 0. The van der Waals surface area contributed by atoms with Crippen LogP contribution in [0.5, 0.6) is 0 Å². The number of esters is 1. The van der Waals surface area contributed by atoms with Gasteiger partial charge in [-0.2, -0.15) is 0 Å². The number of halogens is 1. The third-order valence-corrected chi connectivity index (χ3v) is 2.78. The zero-order valence-corrected chi connectivity index (χ0v) is 9.35. The molecule has 1 aliphatic carbocycles. The van der Waals surface area contributed by atoms with Crippen LogP contribution in [0.25, 0.3) is 0 Å². The van der Waals surface area contributed by atoms with Crippen molar-refractivity contribution in [3.8, 4) is 0 Å². The van der Waals surface area contributed by atoms with Crippen molar-refractivity contribution in [2.75, 3.05) is 6.61 Å². The number of hydrogen-bond donors (Lipinski definition) is 0. The maximum absolute atomic E-state index is 11.2. The summed E-state index contributed by atoms with van der Waals surface area (Å²) in [7, 11) is 0. The van der Waals surface area contributed by atoms with Gasteiger partial charge in [-0.1, -0.05) is 36.9 Å². The predicted octanol–water partition coefficient (Wildman–Crippen LogP) is 3.25. The molecule has 0 unspecified atom stereocenters. The molecule has 0 atom stereocenters. The van der Waals surface area contributed by atoms with Crippen LogP contribution in [0.1, 0.15) is 39.0 Å². The molecule has 0 aliphatic heterocycles. The molecule has 1 rings (SSSR count). The molecule has 0 spiro atoms. The first-order valence-corrected chi connectivity index (χ1v) is 5.66. The first-order chi connectivity index (χ1) is 6.74. The molecule has 80 valence electrons. The van der Waals surface area contributed by atoms with Gasteiger partial charge in [-0.15, -0.1) is 0 Å². The van der Waals surface area contributed by atoms with Crippen LogP contribution in [0.15, 0.2) is 11.1 Å². The Morgan fingerprint density at radius 2 is 2.07 bits per heavy atom. The molecule has 0 saturated heterocycles. The second-order valence-electron chi connectivity index (χ2n) is 3.63. The molecular weight excluding hydrogens is 200 g/mol. The van der Waals surface area contributed by atoms with Gasteiger partial charge in [0.25, 0.3) is 0 Å². The van der Waals surface area contributed by atoms with E-state index < -0.39 is 0 Å². The quantitative estimate of drug-likeness (QED) is 0.535. The second-order valence-corrected chi connectivity index (χ2v) is 4.04. The van der Waals surface area contributed by atoms with Crippen molar-refractivity contribution in [1.82, 2.24) is 0 Å². The lowest BCUT2D eigenvalue weighted by Crippen LogP contribution is -2.08. The maximum Gasteiger partial charge on any atom is 0.349 e. The van der Waals surface area contributed by atoms with Gasteiger partial charge in [-0.3, -0.25) is 0 Å². The maximum atomic E-state index is 11.2. The molecule has 2 nitrogen and oxygen atoms in total. The first-order valence-electron chi connectivity index (χ1n) is 5.28. The number of carbonyl (C=O) groups is 1. The highest BCUT2D eigenvalue weighted by Crippen LogP contribution is 2.26. The smallest absolute Gasteiger partial charge is 0.349 e. The van der Waals surface area contributed by atoms with Gasteiger partial charge in [-0.05, 0) is 25.7 Å². The third-order valence-electron chi connectivity index (χ3n) is 2.50. The van der Waals surface area contributed by atoms with E-state index in [-0.39, 0.29) is 11.0 Å². The Morgan fingerprint density at radius 3 is 2.64 bits per heavy atom. The summed E-state index contributed by atoms with van der Waals surface area (Å²) in [5.74, 6) is 0.0837. The monoisotopic (exact) mass is 216 g/mol. The summed E-state index contributed by atoms with van der Waals surface area (Å²) < 4.78 is 4.81. The van der Waals surface area contributed by atoms with Gasteiger partial charge in [0.2, 0.25) is 0 Å². The molecule has 0 aromatic carbocycles. The average Bonchev–Trinajstić information content (AvgIpc) is 2.19. The number of allylic oxidation sites excluding steroid dienone is 1. The summed E-state index contributed by atoms with van der Waals surface area (Å²) in [6.07, 6.45) is 7.95. The SMILES string of the molecule is CCOC(=O)/C(Cl)=C/C1CCCCC1. The van der Waals surface area contributed by atoms with Crippen molar-refractivity contribution in [3.05, 3.63) is 11.1 Å². The molecule has 1 aliphatic rings. The van der Waals surface area contributed by atoms with E-state index in [1.165, 1.54) is 19.3 Å². The van der Waals surface area contributed by atoms with Gasteiger partial charge >= 0.3 is 5.97 Å².